The molecule has 0 unspecified atom stereocenters. The standard InChI is InChI=1S/C29H28N2O4/c1-33-29(32)31-17-15-23(16-18-31)27-26(28(30-35-27)34-20-21-9-4-2-5-10-21)25-14-8-13-24(19-25)22-11-6-3-7-12-22/h2-14,19,23H,15-18,20H2,1H3. The minimum atomic E-state index is -0.288. The van der Waals surface area contributed by atoms with Crippen LogP contribution in [0.2, 0.25) is 0 Å². The molecule has 6 heteroatoms. The van der Waals surface area contributed by atoms with E-state index in [0.717, 1.165) is 46.4 Å². The van der Waals surface area contributed by atoms with E-state index >= 15 is 0 Å². The Morgan fingerprint density at radius 1 is 0.914 bits per heavy atom. The van der Waals surface area contributed by atoms with Gasteiger partial charge in [0.1, 0.15) is 6.61 Å². The largest absolute Gasteiger partial charge is 0.470 e. The highest BCUT2D eigenvalue weighted by Gasteiger charge is 2.31. The van der Waals surface area contributed by atoms with Crippen LogP contribution in [0.4, 0.5) is 4.79 Å². The molecule has 3 aromatic carbocycles. The van der Waals surface area contributed by atoms with Crippen molar-refractivity contribution in [2.24, 2.45) is 0 Å². The van der Waals surface area contributed by atoms with E-state index in [1.165, 1.54) is 7.11 Å². The van der Waals surface area contributed by atoms with Gasteiger partial charge in [-0.05, 0) is 46.3 Å². The molecule has 1 amide bonds. The molecule has 1 saturated heterocycles. The molecule has 0 N–H and O–H groups in total. The monoisotopic (exact) mass is 468 g/mol. The molecule has 0 radical (unpaired) electrons. The van der Waals surface area contributed by atoms with Crippen molar-refractivity contribution in [3.8, 4) is 28.1 Å². The molecule has 35 heavy (non-hydrogen) atoms. The molecule has 0 bridgehead atoms. The van der Waals surface area contributed by atoms with Crippen LogP contribution in [0.15, 0.2) is 89.5 Å². The van der Waals surface area contributed by atoms with E-state index in [1.807, 2.05) is 48.5 Å². The second-order valence-corrected chi connectivity index (χ2v) is 8.68. The van der Waals surface area contributed by atoms with Crippen molar-refractivity contribution in [2.75, 3.05) is 20.2 Å². The molecular formula is C29H28N2O4. The van der Waals surface area contributed by atoms with E-state index in [1.54, 1.807) is 4.90 Å². The lowest BCUT2D eigenvalue weighted by atomic mass is 9.89. The summed E-state index contributed by atoms with van der Waals surface area (Å²) in [4.78, 5) is 13.7. The van der Waals surface area contributed by atoms with E-state index in [4.69, 9.17) is 14.0 Å². The Kier molecular flexibility index (Phi) is 6.80. The van der Waals surface area contributed by atoms with E-state index in [2.05, 4.69) is 41.6 Å². The highest BCUT2D eigenvalue weighted by Crippen LogP contribution is 2.42. The van der Waals surface area contributed by atoms with Gasteiger partial charge in [0.15, 0.2) is 5.76 Å². The van der Waals surface area contributed by atoms with E-state index in [0.29, 0.717) is 25.6 Å². The molecule has 1 aliphatic rings. The number of carbonyl (C=O) groups excluding carboxylic acids is 1. The summed E-state index contributed by atoms with van der Waals surface area (Å²) in [6.07, 6.45) is 1.25. The fourth-order valence-electron chi connectivity index (χ4n) is 4.59. The first-order valence-corrected chi connectivity index (χ1v) is 11.9. The first-order chi connectivity index (χ1) is 17.2. The van der Waals surface area contributed by atoms with Crippen molar-refractivity contribution >= 4 is 6.09 Å². The Hall–Kier alpha value is -4.06. The number of hydrogen-bond donors (Lipinski definition) is 0. The third-order valence-electron chi connectivity index (χ3n) is 6.46. The van der Waals surface area contributed by atoms with Crippen LogP contribution < -0.4 is 4.74 Å². The number of carbonyl (C=O) groups is 1. The quantitative estimate of drug-likeness (QED) is 0.322. The number of methoxy groups -OCH3 is 1. The Balaban J connectivity index is 1.48. The summed E-state index contributed by atoms with van der Waals surface area (Å²) < 4.78 is 17.0. The molecule has 0 atom stereocenters. The molecule has 4 aromatic rings. The minimum Gasteiger partial charge on any atom is -0.470 e. The zero-order valence-corrected chi connectivity index (χ0v) is 19.7. The van der Waals surface area contributed by atoms with Crippen molar-refractivity contribution in [2.45, 2.75) is 25.4 Å². The van der Waals surface area contributed by atoms with Crippen LogP contribution in [0.25, 0.3) is 22.3 Å². The molecule has 6 nitrogen and oxygen atoms in total. The van der Waals surface area contributed by atoms with Crippen molar-refractivity contribution in [3.05, 3.63) is 96.3 Å². The lowest BCUT2D eigenvalue weighted by Gasteiger charge is -2.30. The zero-order valence-electron chi connectivity index (χ0n) is 19.7. The van der Waals surface area contributed by atoms with Crippen LogP contribution in [0.5, 0.6) is 5.88 Å². The lowest BCUT2D eigenvalue weighted by molar-refractivity contribution is 0.110. The van der Waals surface area contributed by atoms with Gasteiger partial charge in [-0.15, -0.1) is 0 Å². The van der Waals surface area contributed by atoms with Gasteiger partial charge in [-0.1, -0.05) is 78.9 Å². The molecular weight excluding hydrogens is 440 g/mol. The summed E-state index contributed by atoms with van der Waals surface area (Å²) in [6, 6.07) is 28.7. The molecule has 0 saturated carbocycles. The molecule has 2 heterocycles. The van der Waals surface area contributed by atoms with Gasteiger partial charge >= 0.3 is 6.09 Å². The third kappa shape index (κ3) is 5.06. The lowest BCUT2D eigenvalue weighted by Crippen LogP contribution is -2.37. The predicted molar refractivity (Wildman–Crippen MR) is 134 cm³/mol. The molecule has 1 fully saturated rings. The maximum absolute atomic E-state index is 11.9. The highest BCUT2D eigenvalue weighted by atomic mass is 16.5. The van der Waals surface area contributed by atoms with Crippen molar-refractivity contribution < 1.29 is 18.8 Å². The SMILES string of the molecule is COC(=O)N1CCC(c2onc(OCc3ccccc3)c2-c2cccc(-c3ccccc3)c2)CC1. The molecule has 1 aliphatic heterocycles. The van der Waals surface area contributed by atoms with Gasteiger partial charge in [-0.3, -0.25) is 0 Å². The number of likely N-dealkylation sites (tertiary alicyclic amines) is 1. The van der Waals surface area contributed by atoms with E-state index in [9.17, 15) is 4.79 Å². The zero-order chi connectivity index (χ0) is 24.0. The van der Waals surface area contributed by atoms with Gasteiger partial charge in [-0.2, -0.15) is 0 Å². The highest BCUT2D eigenvalue weighted by molar-refractivity contribution is 5.77. The summed E-state index contributed by atoms with van der Waals surface area (Å²) in [5, 5.41) is 4.35. The Labute approximate surface area is 205 Å². The number of nitrogens with zero attached hydrogens (tertiary/aromatic N) is 2. The summed E-state index contributed by atoms with van der Waals surface area (Å²) in [6.45, 7) is 1.63. The maximum atomic E-state index is 11.9. The second kappa shape index (κ2) is 10.5. The Bertz CT molecular complexity index is 1260. The number of ether oxygens (including phenoxy) is 2. The summed E-state index contributed by atoms with van der Waals surface area (Å²) in [5.41, 5.74) is 5.21. The van der Waals surface area contributed by atoms with Crippen LogP contribution in [-0.2, 0) is 11.3 Å². The number of piperidine rings is 1. The number of rotatable bonds is 6. The van der Waals surface area contributed by atoms with Crippen molar-refractivity contribution in [1.82, 2.24) is 10.1 Å². The van der Waals surface area contributed by atoms with Crippen molar-refractivity contribution in [3.63, 3.8) is 0 Å². The van der Waals surface area contributed by atoms with Gasteiger partial charge in [0, 0.05) is 19.0 Å². The summed E-state index contributed by atoms with van der Waals surface area (Å²) >= 11 is 0. The van der Waals surface area contributed by atoms with Gasteiger partial charge in [0.25, 0.3) is 5.88 Å². The summed E-state index contributed by atoms with van der Waals surface area (Å²) in [7, 11) is 1.42. The number of hydrogen-bond acceptors (Lipinski definition) is 5. The van der Waals surface area contributed by atoms with Gasteiger partial charge in [0.05, 0.1) is 12.7 Å². The minimum absolute atomic E-state index is 0.132. The van der Waals surface area contributed by atoms with Crippen LogP contribution in [0.3, 0.4) is 0 Å². The Morgan fingerprint density at radius 3 is 2.29 bits per heavy atom. The topological polar surface area (TPSA) is 64.8 Å². The molecule has 5 rings (SSSR count). The number of amides is 1. The number of benzene rings is 3. The fourth-order valence-corrected chi connectivity index (χ4v) is 4.59. The Morgan fingerprint density at radius 2 is 1.57 bits per heavy atom. The van der Waals surface area contributed by atoms with Gasteiger partial charge < -0.3 is 18.9 Å². The van der Waals surface area contributed by atoms with Gasteiger partial charge in [0.2, 0.25) is 0 Å². The smallest absolute Gasteiger partial charge is 0.409 e. The van der Waals surface area contributed by atoms with Crippen LogP contribution in [0.1, 0.15) is 30.1 Å². The average Bonchev–Trinajstić information content (AvgIpc) is 3.36. The second-order valence-electron chi connectivity index (χ2n) is 8.68. The first-order valence-electron chi connectivity index (χ1n) is 11.9. The first kappa shape index (κ1) is 22.7. The normalized spacial score (nSPS) is 14.0. The molecule has 178 valence electrons. The average molecular weight is 469 g/mol. The van der Waals surface area contributed by atoms with Gasteiger partial charge in [-0.25, -0.2) is 4.79 Å². The maximum Gasteiger partial charge on any atom is 0.409 e. The van der Waals surface area contributed by atoms with E-state index in [-0.39, 0.29) is 12.0 Å². The van der Waals surface area contributed by atoms with Crippen LogP contribution in [0, 0.1) is 0 Å². The number of aromatic nitrogens is 1. The summed E-state index contributed by atoms with van der Waals surface area (Å²) in [5.74, 6) is 1.43. The predicted octanol–water partition coefficient (Wildman–Crippen LogP) is 6.53. The molecule has 0 spiro atoms. The van der Waals surface area contributed by atoms with Crippen molar-refractivity contribution in [1.29, 1.82) is 0 Å². The van der Waals surface area contributed by atoms with Crippen LogP contribution in [-0.4, -0.2) is 36.3 Å². The third-order valence-corrected chi connectivity index (χ3v) is 6.46. The molecule has 0 aliphatic carbocycles. The molecule has 1 aromatic heterocycles. The van der Waals surface area contributed by atoms with Crippen LogP contribution >= 0.6 is 0 Å². The fraction of sp³-hybridized carbons (Fsp3) is 0.241. The van der Waals surface area contributed by atoms with E-state index < -0.39 is 0 Å².